The fraction of sp³-hybridized carbons (Fsp3) is 0.278. The van der Waals surface area contributed by atoms with Gasteiger partial charge in [0.2, 0.25) is 0 Å². The molecular weight excluding hydrogens is 824 g/mol. The minimum atomic E-state index is -1.48. The molecule has 5 aromatic carbocycles. The summed E-state index contributed by atoms with van der Waals surface area (Å²) in [5, 5.41) is 24.6. The summed E-state index contributed by atoms with van der Waals surface area (Å²) in [6, 6.07) is 36.4. The highest BCUT2D eigenvalue weighted by molar-refractivity contribution is 6.42. The molecule has 0 aliphatic carbocycles. The van der Waals surface area contributed by atoms with Gasteiger partial charge in [0.05, 0.1) is 50.6 Å². The number of unbranched alkanes of at least 4 members (excludes halogenated alkanes) is 6. The summed E-state index contributed by atoms with van der Waals surface area (Å²) in [4.78, 5) is 23.5. The average molecular weight is 870 g/mol. The molecule has 4 heterocycles. The maximum atomic E-state index is 14.3. The van der Waals surface area contributed by atoms with Crippen LogP contribution in [0.15, 0.2) is 109 Å². The first-order valence-corrected chi connectivity index (χ1v) is 22.8. The van der Waals surface area contributed by atoms with Crippen LogP contribution in [0, 0.1) is 22.7 Å². The fourth-order valence-corrected chi connectivity index (χ4v) is 10.1. The topological polar surface area (TPSA) is 109 Å². The number of carbonyl (C=O) groups excluding carboxylic acids is 1. The molecule has 0 saturated carbocycles. The number of ether oxygens (including phenoxy) is 2. The van der Waals surface area contributed by atoms with Crippen molar-refractivity contribution in [2.24, 2.45) is 0 Å². The standard InChI is InChI=1S/C54H46Cl2N4O3/c1-3-5-7-9-15-33-25-45-51(28-39(33)42(31-57)35-21-23-59-49-19-13-11-17-37(35)49)62-52-29-40(43(32-58)36-22-24-60-50-20-14-12-18-38(36)50)34(16-10-8-6-4-2)26-46(52)54(45)44-30-48(56)47(55)27-41(44)53(61)63-54/h11-14,17-30,42-43H,3-10,15-16H2,1-2H3. The Balaban J connectivity index is 1.31. The zero-order valence-electron chi connectivity index (χ0n) is 35.4. The Bertz CT molecular complexity index is 2830. The van der Waals surface area contributed by atoms with Crippen molar-refractivity contribution in [2.45, 2.75) is 95.5 Å². The van der Waals surface area contributed by atoms with E-state index in [1.807, 2.05) is 72.8 Å². The summed E-state index contributed by atoms with van der Waals surface area (Å²) < 4.78 is 13.9. The lowest BCUT2D eigenvalue weighted by molar-refractivity contribution is 0.0223. The highest BCUT2D eigenvalue weighted by Crippen LogP contribution is 2.59. The largest absolute Gasteiger partial charge is 0.456 e. The van der Waals surface area contributed by atoms with Crippen LogP contribution in [-0.2, 0) is 23.2 Å². The Labute approximate surface area is 378 Å². The van der Waals surface area contributed by atoms with Crippen LogP contribution in [0.3, 0.4) is 0 Å². The molecule has 63 heavy (non-hydrogen) atoms. The first kappa shape index (κ1) is 42.1. The Kier molecular flexibility index (Phi) is 11.9. The van der Waals surface area contributed by atoms with Crippen LogP contribution in [0.2, 0.25) is 10.0 Å². The second kappa shape index (κ2) is 17.9. The van der Waals surface area contributed by atoms with Crippen molar-refractivity contribution in [3.8, 4) is 23.6 Å². The first-order valence-electron chi connectivity index (χ1n) is 22.0. The predicted octanol–water partition coefficient (Wildman–Crippen LogP) is 14.2. The van der Waals surface area contributed by atoms with Crippen LogP contribution < -0.4 is 4.74 Å². The third-order valence-electron chi connectivity index (χ3n) is 12.8. The van der Waals surface area contributed by atoms with Gasteiger partial charge >= 0.3 is 5.97 Å². The van der Waals surface area contributed by atoms with Crippen molar-refractivity contribution in [3.05, 3.63) is 175 Å². The van der Waals surface area contributed by atoms with E-state index in [0.717, 1.165) is 107 Å². The molecule has 0 amide bonds. The van der Waals surface area contributed by atoms with Crippen LogP contribution in [0.5, 0.6) is 11.5 Å². The summed E-state index contributed by atoms with van der Waals surface area (Å²) >= 11 is 13.5. The fourth-order valence-electron chi connectivity index (χ4n) is 9.73. The van der Waals surface area contributed by atoms with Gasteiger partial charge in [0.25, 0.3) is 0 Å². The van der Waals surface area contributed by atoms with Crippen molar-refractivity contribution < 1.29 is 14.3 Å². The minimum absolute atomic E-state index is 0.249. The van der Waals surface area contributed by atoms with Gasteiger partial charge < -0.3 is 9.47 Å². The molecule has 0 fully saturated rings. The van der Waals surface area contributed by atoms with E-state index in [1.54, 1.807) is 24.5 Å². The van der Waals surface area contributed by atoms with Gasteiger partial charge in [-0.1, -0.05) is 112 Å². The summed E-state index contributed by atoms with van der Waals surface area (Å²) in [6.45, 7) is 4.38. The molecule has 0 bridgehead atoms. The Morgan fingerprint density at radius 1 is 0.603 bits per heavy atom. The number of esters is 1. The Morgan fingerprint density at radius 3 is 1.59 bits per heavy atom. The second-order valence-corrected chi connectivity index (χ2v) is 17.5. The number of rotatable bonds is 14. The van der Waals surface area contributed by atoms with Gasteiger partial charge in [0.1, 0.15) is 11.5 Å². The van der Waals surface area contributed by atoms with Crippen LogP contribution in [0.1, 0.15) is 137 Å². The van der Waals surface area contributed by atoms with E-state index in [4.69, 9.17) is 32.7 Å². The predicted molar refractivity (Wildman–Crippen MR) is 249 cm³/mol. The number of pyridine rings is 2. The lowest BCUT2D eigenvalue weighted by Gasteiger charge is -2.38. The number of nitriles is 2. The third-order valence-corrected chi connectivity index (χ3v) is 13.6. The molecule has 2 unspecified atom stereocenters. The van der Waals surface area contributed by atoms with Gasteiger partial charge in [-0.15, -0.1) is 0 Å². The number of fused-ring (bicyclic) bond motifs is 8. The SMILES string of the molecule is CCCCCCc1cc2c(cc1C(C#N)c1ccnc3ccccc13)Oc1cc(C(C#N)c3ccnc4ccccc34)c(CCCCCC)cc1C21OC(=O)c2cc(Cl)c(Cl)cc21. The number of para-hydroxylation sites is 2. The number of halogens is 2. The van der Waals surface area contributed by atoms with Gasteiger partial charge in [-0.05, 0) is 120 Å². The molecule has 0 saturated heterocycles. The molecule has 9 rings (SSSR count). The molecule has 314 valence electrons. The summed E-state index contributed by atoms with van der Waals surface area (Å²) in [7, 11) is 0. The number of hydrogen-bond acceptors (Lipinski definition) is 7. The molecule has 1 spiro atoms. The Hall–Kier alpha value is -6.25. The minimum Gasteiger partial charge on any atom is -0.456 e. The molecule has 9 heteroatoms. The van der Waals surface area contributed by atoms with Crippen LogP contribution >= 0.6 is 23.2 Å². The van der Waals surface area contributed by atoms with Gasteiger partial charge in [0.15, 0.2) is 5.60 Å². The third kappa shape index (κ3) is 7.48. The lowest BCUT2D eigenvalue weighted by atomic mass is 9.73. The van der Waals surface area contributed by atoms with Crippen molar-refractivity contribution in [2.75, 3.05) is 0 Å². The Morgan fingerprint density at radius 2 is 1.10 bits per heavy atom. The van der Waals surface area contributed by atoms with Crippen LogP contribution in [-0.4, -0.2) is 15.9 Å². The average Bonchev–Trinajstić information content (AvgIpc) is 3.58. The van der Waals surface area contributed by atoms with E-state index in [-0.39, 0.29) is 5.02 Å². The van der Waals surface area contributed by atoms with Crippen molar-refractivity contribution in [1.29, 1.82) is 10.5 Å². The number of nitrogens with zero attached hydrogens (tertiary/aromatic N) is 4. The zero-order chi connectivity index (χ0) is 43.7. The van der Waals surface area contributed by atoms with E-state index in [2.05, 4.69) is 48.1 Å². The van der Waals surface area contributed by atoms with Crippen LogP contribution in [0.25, 0.3) is 21.8 Å². The van der Waals surface area contributed by atoms with E-state index in [9.17, 15) is 15.3 Å². The zero-order valence-corrected chi connectivity index (χ0v) is 36.9. The highest BCUT2D eigenvalue weighted by atomic mass is 35.5. The normalized spacial score (nSPS) is 15.8. The number of hydrogen-bond donors (Lipinski definition) is 0. The van der Waals surface area contributed by atoms with E-state index < -0.39 is 23.4 Å². The van der Waals surface area contributed by atoms with Crippen LogP contribution in [0.4, 0.5) is 0 Å². The number of carbonyl (C=O) groups is 1. The lowest BCUT2D eigenvalue weighted by Crippen LogP contribution is -2.34. The van der Waals surface area contributed by atoms with Crippen molar-refractivity contribution >= 4 is 51.0 Å². The maximum absolute atomic E-state index is 14.3. The van der Waals surface area contributed by atoms with Crippen molar-refractivity contribution in [1.82, 2.24) is 9.97 Å². The summed E-state index contributed by atoms with van der Waals surface area (Å²) in [5.41, 5.74) is 7.57. The van der Waals surface area contributed by atoms with Crippen molar-refractivity contribution in [3.63, 3.8) is 0 Å². The van der Waals surface area contributed by atoms with E-state index >= 15 is 0 Å². The van der Waals surface area contributed by atoms with E-state index in [0.29, 0.717) is 51.6 Å². The number of aryl methyl sites for hydroxylation is 2. The quantitative estimate of drug-likeness (QED) is 0.0791. The molecule has 7 aromatic rings. The van der Waals surface area contributed by atoms with Gasteiger partial charge in [-0.3, -0.25) is 9.97 Å². The molecule has 2 atom stereocenters. The second-order valence-electron chi connectivity index (χ2n) is 16.7. The van der Waals surface area contributed by atoms with Gasteiger partial charge in [-0.2, -0.15) is 10.5 Å². The molecule has 2 aliphatic heterocycles. The maximum Gasteiger partial charge on any atom is 0.340 e. The monoisotopic (exact) mass is 868 g/mol. The molecular formula is C54H46Cl2N4O3. The van der Waals surface area contributed by atoms with Gasteiger partial charge in [-0.25, -0.2) is 4.79 Å². The summed E-state index contributed by atoms with van der Waals surface area (Å²) in [6.07, 6.45) is 13.1. The molecule has 2 aromatic heterocycles. The highest BCUT2D eigenvalue weighted by Gasteiger charge is 2.55. The molecule has 0 radical (unpaired) electrons. The molecule has 0 N–H and O–H groups in total. The van der Waals surface area contributed by atoms with Gasteiger partial charge in [0, 0.05) is 39.9 Å². The smallest absolute Gasteiger partial charge is 0.340 e. The first-order chi connectivity index (χ1) is 30.8. The molecule has 7 nitrogen and oxygen atoms in total. The number of benzene rings is 5. The molecule has 2 aliphatic rings. The summed E-state index contributed by atoms with van der Waals surface area (Å²) in [5.74, 6) is -0.961. The van der Waals surface area contributed by atoms with E-state index in [1.165, 1.54) is 0 Å². The number of aromatic nitrogens is 2.